The van der Waals surface area contributed by atoms with E-state index in [1.807, 2.05) is 39.5 Å². The zero-order valence-electron chi connectivity index (χ0n) is 13.1. The number of hydrogen-bond donors (Lipinski definition) is 1. The number of aryl methyl sites for hydroxylation is 4. The Labute approximate surface area is 119 Å². The highest BCUT2D eigenvalue weighted by molar-refractivity contribution is 5.39. The first-order valence-electron chi connectivity index (χ1n) is 6.86. The lowest BCUT2D eigenvalue weighted by molar-refractivity contribution is 0.418. The maximum Gasteiger partial charge on any atom is 0.222 e. The lowest BCUT2D eigenvalue weighted by atomic mass is 10.2. The van der Waals surface area contributed by atoms with Crippen LogP contribution in [0.2, 0.25) is 0 Å². The SMILES string of the molecule is CCNCc1c(C)nn(C)c1Oc1c(C)nn(C)c1C. The zero-order chi connectivity index (χ0) is 14.9. The molecule has 0 bridgehead atoms. The Morgan fingerprint density at radius 2 is 1.70 bits per heavy atom. The Bertz CT molecular complexity index is 612. The average molecular weight is 277 g/mol. The molecule has 0 atom stereocenters. The highest BCUT2D eigenvalue weighted by Gasteiger charge is 2.19. The topological polar surface area (TPSA) is 56.9 Å². The van der Waals surface area contributed by atoms with E-state index in [4.69, 9.17) is 4.74 Å². The van der Waals surface area contributed by atoms with Crippen LogP contribution in [0, 0.1) is 20.8 Å². The Morgan fingerprint density at radius 1 is 1.05 bits per heavy atom. The molecule has 0 saturated heterocycles. The Balaban J connectivity index is 2.37. The molecule has 0 radical (unpaired) electrons. The van der Waals surface area contributed by atoms with Gasteiger partial charge < -0.3 is 10.1 Å². The van der Waals surface area contributed by atoms with Crippen molar-refractivity contribution in [3.8, 4) is 11.6 Å². The van der Waals surface area contributed by atoms with E-state index in [2.05, 4.69) is 22.4 Å². The summed E-state index contributed by atoms with van der Waals surface area (Å²) in [6.45, 7) is 9.71. The number of nitrogens with zero attached hydrogens (tertiary/aromatic N) is 4. The molecule has 1 N–H and O–H groups in total. The summed E-state index contributed by atoms with van der Waals surface area (Å²) in [6, 6.07) is 0. The molecule has 2 rings (SSSR count). The monoisotopic (exact) mass is 277 g/mol. The number of rotatable bonds is 5. The lowest BCUT2D eigenvalue weighted by Crippen LogP contribution is -2.13. The van der Waals surface area contributed by atoms with E-state index in [-0.39, 0.29) is 0 Å². The third-order valence-corrected chi connectivity index (χ3v) is 3.48. The van der Waals surface area contributed by atoms with E-state index >= 15 is 0 Å². The molecule has 0 aliphatic rings. The first-order chi connectivity index (χ1) is 9.45. The first kappa shape index (κ1) is 14.6. The summed E-state index contributed by atoms with van der Waals surface area (Å²) in [5.74, 6) is 1.59. The predicted molar refractivity (Wildman–Crippen MR) is 78.1 cm³/mol. The molecule has 2 aromatic rings. The van der Waals surface area contributed by atoms with Crippen LogP contribution in [0.1, 0.15) is 29.6 Å². The number of hydrogen-bond acceptors (Lipinski definition) is 4. The lowest BCUT2D eigenvalue weighted by Gasteiger charge is -2.09. The van der Waals surface area contributed by atoms with Crippen LogP contribution in [-0.4, -0.2) is 26.1 Å². The van der Waals surface area contributed by atoms with Crippen LogP contribution in [0.3, 0.4) is 0 Å². The molecule has 0 saturated carbocycles. The van der Waals surface area contributed by atoms with Gasteiger partial charge in [0.2, 0.25) is 5.88 Å². The molecule has 0 aliphatic carbocycles. The van der Waals surface area contributed by atoms with E-state index in [0.717, 1.165) is 47.4 Å². The summed E-state index contributed by atoms with van der Waals surface area (Å²) in [6.07, 6.45) is 0. The molecule has 0 aliphatic heterocycles. The molecule has 0 unspecified atom stereocenters. The second kappa shape index (κ2) is 5.66. The maximum atomic E-state index is 6.12. The van der Waals surface area contributed by atoms with Crippen molar-refractivity contribution in [2.45, 2.75) is 34.2 Å². The normalized spacial score (nSPS) is 11.1. The minimum Gasteiger partial charge on any atom is -0.435 e. The Hall–Kier alpha value is -1.82. The van der Waals surface area contributed by atoms with E-state index in [9.17, 15) is 0 Å². The van der Waals surface area contributed by atoms with Gasteiger partial charge in [-0.25, -0.2) is 4.68 Å². The molecule has 0 fully saturated rings. The second-order valence-corrected chi connectivity index (χ2v) is 5.00. The summed E-state index contributed by atoms with van der Waals surface area (Å²) in [7, 11) is 3.82. The number of nitrogens with one attached hydrogen (secondary N) is 1. The van der Waals surface area contributed by atoms with Gasteiger partial charge in [-0.1, -0.05) is 6.92 Å². The van der Waals surface area contributed by atoms with Crippen molar-refractivity contribution < 1.29 is 4.74 Å². The summed E-state index contributed by atoms with van der Waals surface area (Å²) in [5, 5.41) is 12.2. The minimum atomic E-state index is 0.754. The Kier molecular flexibility index (Phi) is 4.13. The molecule has 2 heterocycles. The third kappa shape index (κ3) is 2.56. The molecule has 2 aromatic heterocycles. The fourth-order valence-corrected chi connectivity index (χ4v) is 2.26. The van der Waals surface area contributed by atoms with Crippen LogP contribution >= 0.6 is 0 Å². The summed E-state index contributed by atoms with van der Waals surface area (Å²) in [4.78, 5) is 0. The van der Waals surface area contributed by atoms with E-state index < -0.39 is 0 Å². The van der Waals surface area contributed by atoms with Gasteiger partial charge in [-0.3, -0.25) is 4.68 Å². The molecular formula is C14H23N5O. The van der Waals surface area contributed by atoms with Crippen molar-refractivity contribution in [3.05, 3.63) is 22.6 Å². The molecule has 0 aromatic carbocycles. The van der Waals surface area contributed by atoms with Crippen LogP contribution in [-0.2, 0) is 20.6 Å². The van der Waals surface area contributed by atoms with E-state index in [1.165, 1.54) is 0 Å². The zero-order valence-corrected chi connectivity index (χ0v) is 13.1. The quantitative estimate of drug-likeness (QED) is 0.908. The molecule has 6 nitrogen and oxygen atoms in total. The van der Waals surface area contributed by atoms with Gasteiger partial charge in [-0.15, -0.1) is 0 Å². The standard InChI is InChI=1S/C14H23N5O/c1-7-15-8-12-9(2)16-19(6)14(12)20-13-10(3)17-18(5)11(13)4/h15H,7-8H2,1-6H3. The van der Waals surface area contributed by atoms with E-state index in [1.54, 1.807) is 4.68 Å². The molecule has 110 valence electrons. The molecular weight excluding hydrogens is 254 g/mol. The van der Waals surface area contributed by atoms with Gasteiger partial charge >= 0.3 is 0 Å². The fourth-order valence-electron chi connectivity index (χ4n) is 2.26. The maximum absolute atomic E-state index is 6.12. The van der Waals surface area contributed by atoms with Crippen LogP contribution in [0.4, 0.5) is 0 Å². The van der Waals surface area contributed by atoms with Crippen LogP contribution in [0.25, 0.3) is 0 Å². The van der Waals surface area contributed by atoms with Crippen molar-refractivity contribution in [1.82, 2.24) is 24.9 Å². The molecule has 20 heavy (non-hydrogen) atoms. The van der Waals surface area contributed by atoms with Crippen molar-refractivity contribution in [2.24, 2.45) is 14.1 Å². The largest absolute Gasteiger partial charge is 0.435 e. The van der Waals surface area contributed by atoms with Crippen molar-refractivity contribution in [2.75, 3.05) is 6.54 Å². The first-order valence-corrected chi connectivity index (χ1v) is 6.86. The average Bonchev–Trinajstić information content (AvgIpc) is 2.79. The predicted octanol–water partition coefficient (Wildman–Crippen LogP) is 1.98. The highest BCUT2D eigenvalue weighted by Crippen LogP contribution is 2.31. The van der Waals surface area contributed by atoms with Gasteiger partial charge in [0, 0.05) is 20.6 Å². The van der Waals surface area contributed by atoms with Gasteiger partial charge in [0.15, 0.2) is 5.75 Å². The minimum absolute atomic E-state index is 0.754. The van der Waals surface area contributed by atoms with Crippen molar-refractivity contribution >= 4 is 0 Å². The number of ether oxygens (including phenoxy) is 1. The van der Waals surface area contributed by atoms with Crippen LogP contribution in [0.5, 0.6) is 11.6 Å². The third-order valence-electron chi connectivity index (χ3n) is 3.48. The van der Waals surface area contributed by atoms with Gasteiger partial charge in [0.25, 0.3) is 0 Å². The smallest absolute Gasteiger partial charge is 0.222 e. The molecule has 6 heteroatoms. The fraction of sp³-hybridized carbons (Fsp3) is 0.571. The number of aromatic nitrogens is 4. The van der Waals surface area contributed by atoms with Gasteiger partial charge in [-0.2, -0.15) is 10.2 Å². The summed E-state index contributed by atoms with van der Waals surface area (Å²) < 4.78 is 9.73. The summed E-state index contributed by atoms with van der Waals surface area (Å²) in [5.41, 5.74) is 3.98. The second-order valence-electron chi connectivity index (χ2n) is 5.00. The van der Waals surface area contributed by atoms with Crippen LogP contribution < -0.4 is 10.1 Å². The van der Waals surface area contributed by atoms with Crippen molar-refractivity contribution in [3.63, 3.8) is 0 Å². The summed E-state index contributed by atoms with van der Waals surface area (Å²) >= 11 is 0. The molecule has 0 amide bonds. The van der Waals surface area contributed by atoms with Gasteiger partial charge in [-0.05, 0) is 27.3 Å². The van der Waals surface area contributed by atoms with Crippen molar-refractivity contribution in [1.29, 1.82) is 0 Å². The van der Waals surface area contributed by atoms with Gasteiger partial charge in [0.05, 0.1) is 17.0 Å². The highest BCUT2D eigenvalue weighted by atomic mass is 16.5. The molecule has 0 spiro atoms. The van der Waals surface area contributed by atoms with E-state index in [0.29, 0.717) is 0 Å². The Morgan fingerprint density at radius 3 is 2.25 bits per heavy atom. The van der Waals surface area contributed by atoms with Gasteiger partial charge in [0.1, 0.15) is 5.69 Å². The van der Waals surface area contributed by atoms with Crippen LogP contribution in [0.15, 0.2) is 0 Å².